The average molecular weight is 254 g/mol. The molecular weight excluding hydrogens is 231 g/mol. The predicted molar refractivity (Wildman–Crippen MR) is 71.5 cm³/mol. The van der Waals surface area contributed by atoms with E-state index in [1.807, 2.05) is 26.8 Å². The highest BCUT2D eigenvalue weighted by Gasteiger charge is 2.34. The van der Waals surface area contributed by atoms with Crippen LogP contribution in [0.15, 0.2) is 18.2 Å². The predicted octanol–water partition coefficient (Wildman–Crippen LogP) is 2.84. The molecule has 1 aromatic rings. The molecule has 0 spiro atoms. The minimum absolute atomic E-state index is 0.220. The van der Waals surface area contributed by atoms with Gasteiger partial charge in [0.2, 0.25) is 0 Å². The molecule has 0 bridgehead atoms. The lowest BCUT2D eigenvalue weighted by atomic mass is 9.87. The first kappa shape index (κ1) is 15.1. The summed E-state index contributed by atoms with van der Waals surface area (Å²) in [6.07, 6.45) is 0.783. The first-order valence-corrected chi connectivity index (χ1v) is 6.34. The standard InChI is InChI=1S/C14H23FN2O/c1-5-14(4,18-6-2)13(17-16)11-8-7-10(3)12(15)9-11/h7-9,13,17H,5-6,16H2,1-4H3. The fourth-order valence-electron chi connectivity index (χ4n) is 2.13. The van der Waals surface area contributed by atoms with Crippen molar-refractivity contribution in [2.75, 3.05) is 6.61 Å². The van der Waals surface area contributed by atoms with Gasteiger partial charge in [0.1, 0.15) is 5.82 Å². The monoisotopic (exact) mass is 254 g/mol. The third-order valence-corrected chi connectivity index (χ3v) is 3.48. The Bertz CT molecular complexity index is 397. The Morgan fingerprint density at radius 3 is 2.56 bits per heavy atom. The van der Waals surface area contributed by atoms with Gasteiger partial charge in [-0.2, -0.15) is 0 Å². The first-order valence-electron chi connectivity index (χ1n) is 6.34. The summed E-state index contributed by atoms with van der Waals surface area (Å²) in [6, 6.07) is 4.93. The molecule has 1 rings (SSSR count). The summed E-state index contributed by atoms with van der Waals surface area (Å²) in [4.78, 5) is 0. The Morgan fingerprint density at radius 1 is 1.44 bits per heavy atom. The Labute approximate surface area is 108 Å². The lowest BCUT2D eigenvalue weighted by Crippen LogP contribution is -2.46. The molecule has 2 unspecified atom stereocenters. The Kier molecular flexibility index (Phi) is 5.26. The molecule has 0 saturated heterocycles. The minimum Gasteiger partial charge on any atom is -0.374 e. The number of hydrogen-bond donors (Lipinski definition) is 2. The summed E-state index contributed by atoms with van der Waals surface area (Å²) in [5.41, 5.74) is 3.73. The second kappa shape index (κ2) is 6.27. The maximum Gasteiger partial charge on any atom is 0.126 e. The van der Waals surface area contributed by atoms with Crippen LogP contribution in [0, 0.1) is 12.7 Å². The van der Waals surface area contributed by atoms with Crippen molar-refractivity contribution in [2.45, 2.75) is 45.8 Å². The molecule has 0 heterocycles. The quantitative estimate of drug-likeness (QED) is 0.606. The smallest absolute Gasteiger partial charge is 0.126 e. The van der Waals surface area contributed by atoms with E-state index in [0.29, 0.717) is 12.2 Å². The van der Waals surface area contributed by atoms with Crippen molar-refractivity contribution in [1.29, 1.82) is 0 Å². The van der Waals surface area contributed by atoms with E-state index < -0.39 is 5.60 Å². The van der Waals surface area contributed by atoms with Gasteiger partial charge < -0.3 is 4.74 Å². The number of nitrogens with one attached hydrogen (secondary N) is 1. The van der Waals surface area contributed by atoms with E-state index in [1.165, 1.54) is 6.07 Å². The van der Waals surface area contributed by atoms with Gasteiger partial charge in [-0.05, 0) is 44.4 Å². The van der Waals surface area contributed by atoms with Crippen LogP contribution in [-0.2, 0) is 4.74 Å². The van der Waals surface area contributed by atoms with Crippen LogP contribution in [-0.4, -0.2) is 12.2 Å². The molecule has 0 saturated carbocycles. The number of halogens is 1. The van der Waals surface area contributed by atoms with E-state index in [2.05, 4.69) is 5.43 Å². The highest BCUT2D eigenvalue weighted by molar-refractivity contribution is 5.27. The van der Waals surface area contributed by atoms with Gasteiger partial charge in [-0.3, -0.25) is 11.3 Å². The van der Waals surface area contributed by atoms with Gasteiger partial charge in [0, 0.05) is 6.61 Å². The zero-order chi connectivity index (χ0) is 13.8. The topological polar surface area (TPSA) is 47.3 Å². The molecule has 3 nitrogen and oxygen atoms in total. The van der Waals surface area contributed by atoms with Gasteiger partial charge in [-0.15, -0.1) is 0 Å². The van der Waals surface area contributed by atoms with Crippen LogP contribution < -0.4 is 11.3 Å². The van der Waals surface area contributed by atoms with Crippen molar-refractivity contribution >= 4 is 0 Å². The maximum atomic E-state index is 13.6. The van der Waals surface area contributed by atoms with Crippen LogP contribution >= 0.6 is 0 Å². The summed E-state index contributed by atoms with van der Waals surface area (Å²) in [7, 11) is 0. The highest BCUT2D eigenvalue weighted by atomic mass is 19.1. The van der Waals surface area contributed by atoms with Crippen LogP contribution in [0.4, 0.5) is 4.39 Å². The number of hydrogen-bond acceptors (Lipinski definition) is 3. The molecule has 3 N–H and O–H groups in total. The Balaban J connectivity index is 3.11. The van der Waals surface area contributed by atoms with E-state index in [4.69, 9.17) is 10.6 Å². The normalized spacial score (nSPS) is 16.3. The lowest BCUT2D eigenvalue weighted by Gasteiger charge is -2.36. The number of aryl methyl sites for hydroxylation is 1. The van der Waals surface area contributed by atoms with Gasteiger partial charge in [-0.25, -0.2) is 4.39 Å². The second-order valence-corrected chi connectivity index (χ2v) is 4.71. The summed E-state index contributed by atoms with van der Waals surface area (Å²) < 4.78 is 19.4. The molecule has 18 heavy (non-hydrogen) atoms. The van der Waals surface area contributed by atoms with Crippen molar-refractivity contribution in [3.8, 4) is 0 Å². The first-order chi connectivity index (χ1) is 8.48. The number of benzene rings is 1. The molecule has 102 valence electrons. The zero-order valence-corrected chi connectivity index (χ0v) is 11.6. The number of rotatable bonds is 6. The summed E-state index contributed by atoms with van der Waals surface area (Å²) >= 11 is 0. The van der Waals surface area contributed by atoms with Gasteiger partial charge in [0.25, 0.3) is 0 Å². The minimum atomic E-state index is -0.453. The molecule has 0 aromatic heterocycles. The van der Waals surface area contributed by atoms with E-state index in [0.717, 1.165) is 12.0 Å². The third kappa shape index (κ3) is 3.07. The van der Waals surface area contributed by atoms with E-state index in [1.54, 1.807) is 13.0 Å². The molecule has 0 amide bonds. The zero-order valence-electron chi connectivity index (χ0n) is 11.6. The molecule has 0 radical (unpaired) electrons. The average Bonchev–Trinajstić information content (AvgIpc) is 2.35. The number of hydrazine groups is 1. The largest absolute Gasteiger partial charge is 0.374 e. The van der Waals surface area contributed by atoms with Gasteiger partial charge in [0.05, 0.1) is 11.6 Å². The number of ether oxygens (including phenoxy) is 1. The molecule has 0 fully saturated rings. The molecule has 0 aliphatic rings. The molecular formula is C14H23FN2O. The van der Waals surface area contributed by atoms with Crippen molar-refractivity contribution in [3.63, 3.8) is 0 Å². The fourth-order valence-corrected chi connectivity index (χ4v) is 2.13. The van der Waals surface area contributed by atoms with Crippen LogP contribution in [0.3, 0.4) is 0 Å². The van der Waals surface area contributed by atoms with Crippen LogP contribution in [0.1, 0.15) is 44.4 Å². The second-order valence-electron chi connectivity index (χ2n) is 4.71. The molecule has 0 aliphatic heterocycles. The van der Waals surface area contributed by atoms with Gasteiger partial charge in [0.15, 0.2) is 0 Å². The SMILES string of the molecule is CCOC(C)(CC)C(NN)c1ccc(C)c(F)c1. The van der Waals surface area contributed by atoms with Crippen molar-refractivity contribution in [3.05, 3.63) is 35.1 Å². The Hall–Kier alpha value is -0.970. The Morgan fingerprint density at radius 2 is 2.11 bits per heavy atom. The third-order valence-electron chi connectivity index (χ3n) is 3.48. The summed E-state index contributed by atoms with van der Waals surface area (Å²) in [5, 5.41) is 0. The fraction of sp³-hybridized carbons (Fsp3) is 0.571. The van der Waals surface area contributed by atoms with Crippen LogP contribution in [0.25, 0.3) is 0 Å². The molecule has 0 aliphatic carbocycles. The number of nitrogens with two attached hydrogens (primary N) is 1. The highest BCUT2D eigenvalue weighted by Crippen LogP contribution is 2.32. The van der Waals surface area contributed by atoms with E-state index >= 15 is 0 Å². The molecule has 1 aromatic carbocycles. The molecule has 4 heteroatoms. The van der Waals surface area contributed by atoms with Gasteiger partial charge in [-0.1, -0.05) is 19.1 Å². The summed E-state index contributed by atoms with van der Waals surface area (Å²) in [5.74, 6) is 5.41. The summed E-state index contributed by atoms with van der Waals surface area (Å²) in [6.45, 7) is 8.29. The van der Waals surface area contributed by atoms with Crippen LogP contribution in [0.2, 0.25) is 0 Å². The maximum absolute atomic E-state index is 13.6. The molecule has 2 atom stereocenters. The van der Waals surface area contributed by atoms with E-state index in [-0.39, 0.29) is 11.9 Å². The van der Waals surface area contributed by atoms with Crippen LogP contribution in [0.5, 0.6) is 0 Å². The van der Waals surface area contributed by atoms with Crippen molar-refractivity contribution < 1.29 is 9.13 Å². The lowest BCUT2D eigenvalue weighted by molar-refractivity contribution is -0.0564. The van der Waals surface area contributed by atoms with E-state index in [9.17, 15) is 4.39 Å². The van der Waals surface area contributed by atoms with Gasteiger partial charge >= 0.3 is 0 Å². The van der Waals surface area contributed by atoms with Crippen molar-refractivity contribution in [2.24, 2.45) is 5.84 Å². The van der Waals surface area contributed by atoms with Crippen molar-refractivity contribution in [1.82, 2.24) is 5.43 Å².